The first-order valence-electron chi connectivity index (χ1n) is 2.43. The average Bonchev–Trinajstić information content (AvgIpc) is 1.59. The third-order valence-corrected chi connectivity index (χ3v) is 0.848. The highest BCUT2D eigenvalue weighted by atomic mass is 127. The summed E-state index contributed by atoms with van der Waals surface area (Å²) in [5.41, 5.74) is 0. The van der Waals surface area contributed by atoms with Crippen LogP contribution >= 0.6 is 22.6 Å². The highest BCUT2D eigenvalue weighted by Gasteiger charge is 2.06. The van der Waals surface area contributed by atoms with Gasteiger partial charge >= 0.3 is 0 Å². The molecule has 0 bridgehead atoms. The zero-order valence-electron chi connectivity index (χ0n) is 5.40. The van der Waals surface area contributed by atoms with E-state index in [9.17, 15) is 0 Å². The Morgan fingerprint density at radius 3 is 2.25 bits per heavy atom. The van der Waals surface area contributed by atoms with Crippen molar-refractivity contribution in [1.82, 2.24) is 5.32 Å². The average molecular weight is 226 g/mol. The lowest BCUT2D eigenvalue weighted by molar-refractivity contribution is 0.712. The van der Waals surface area contributed by atoms with Gasteiger partial charge in [0.2, 0.25) is 0 Å². The fraction of sp³-hybridized carbons (Fsp3) is 0.800. The van der Waals surface area contributed by atoms with Crippen molar-refractivity contribution >= 4 is 28.9 Å². The molecular formula is C5H11IN2. The Morgan fingerprint density at radius 1 is 1.62 bits per heavy atom. The van der Waals surface area contributed by atoms with Gasteiger partial charge in [-0.1, -0.05) is 22.6 Å². The molecule has 0 heterocycles. The monoisotopic (exact) mass is 226 g/mol. The highest BCUT2D eigenvalue weighted by Crippen LogP contribution is 2.09. The van der Waals surface area contributed by atoms with Crippen molar-refractivity contribution in [3.8, 4) is 0 Å². The molecule has 0 amide bonds. The van der Waals surface area contributed by atoms with E-state index >= 15 is 0 Å². The Balaban J connectivity index is 3.39. The van der Waals surface area contributed by atoms with Crippen LogP contribution in [-0.4, -0.2) is 16.9 Å². The van der Waals surface area contributed by atoms with Crippen molar-refractivity contribution in [3.63, 3.8) is 0 Å². The van der Waals surface area contributed by atoms with Crippen LogP contribution < -0.4 is 5.32 Å². The van der Waals surface area contributed by atoms with E-state index in [0.717, 1.165) is 0 Å². The van der Waals surface area contributed by atoms with E-state index in [-0.39, 0.29) is 3.55 Å². The van der Waals surface area contributed by atoms with Crippen molar-refractivity contribution in [2.45, 2.75) is 17.4 Å². The Morgan fingerprint density at radius 2 is 2.12 bits per heavy atom. The molecule has 48 valence electrons. The predicted octanol–water partition coefficient (Wildman–Crippen LogP) is 1.41. The van der Waals surface area contributed by atoms with Crippen molar-refractivity contribution in [1.29, 1.82) is 0 Å². The number of halogens is 1. The first-order chi connectivity index (χ1) is 3.56. The van der Waals surface area contributed by atoms with Gasteiger partial charge in [0.15, 0.2) is 0 Å². The summed E-state index contributed by atoms with van der Waals surface area (Å²) >= 11 is 2.30. The molecule has 0 aromatic heterocycles. The first-order valence-corrected chi connectivity index (χ1v) is 3.51. The minimum Gasteiger partial charge on any atom is -0.363 e. The van der Waals surface area contributed by atoms with E-state index in [0.29, 0.717) is 0 Å². The number of aliphatic imine (C=N–C) groups is 1. The van der Waals surface area contributed by atoms with E-state index in [2.05, 4.69) is 46.7 Å². The van der Waals surface area contributed by atoms with Gasteiger partial charge in [-0.05, 0) is 13.8 Å². The van der Waals surface area contributed by atoms with Crippen molar-refractivity contribution in [2.75, 3.05) is 7.05 Å². The second-order valence-corrected chi connectivity index (χ2v) is 4.70. The second kappa shape index (κ2) is 3.27. The van der Waals surface area contributed by atoms with Crippen molar-refractivity contribution < 1.29 is 0 Å². The molecule has 0 fully saturated rings. The van der Waals surface area contributed by atoms with Gasteiger partial charge in [0.1, 0.15) is 0 Å². The van der Waals surface area contributed by atoms with Gasteiger partial charge in [-0.2, -0.15) is 0 Å². The summed E-state index contributed by atoms with van der Waals surface area (Å²) in [6.07, 6.45) is 1.70. The fourth-order valence-corrected chi connectivity index (χ4v) is 0.357. The smallest absolute Gasteiger partial charge is 0.0841 e. The molecule has 0 saturated heterocycles. The Labute approximate surface area is 63.9 Å². The van der Waals surface area contributed by atoms with Crippen LogP contribution in [0.2, 0.25) is 0 Å². The number of hydrogen-bond donors (Lipinski definition) is 1. The summed E-state index contributed by atoms with van der Waals surface area (Å²) in [7, 11) is 1.75. The lowest BCUT2D eigenvalue weighted by Crippen LogP contribution is -2.30. The highest BCUT2D eigenvalue weighted by molar-refractivity contribution is 14.1. The van der Waals surface area contributed by atoms with Crippen LogP contribution in [0.3, 0.4) is 0 Å². The Hall–Kier alpha value is 0.200. The van der Waals surface area contributed by atoms with E-state index < -0.39 is 0 Å². The first kappa shape index (κ1) is 8.20. The SMILES string of the molecule is CN=CNC(C)(C)I. The molecule has 0 radical (unpaired) electrons. The van der Waals surface area contributed by atoms with Crippen LogP contribution in [-0.2, 0) is 0 Å². The number of alkyl halides is 1. The summed E-state index contributed by atoms with van der Waals surface area (Å²) < 4.78 is 0.122. The minimum atomic E-state index is 0.122. The summed E-state index contributed by atoms with van der Waals surface area (Å²) in [6.45, 7) is 4.16. The number of hydrogen-bond acceptors (Lipinski definition) is 1. The van der Waals surface area contributed by atoms with Crippen molar-refractivity contribution in [3.05, 3.63) is 0 Å². The van der Waals surface area contributed by atoms with Gasteiger partial charge in [0, 0.05) is 7.05 Å². The normalized spacial score (nSPS) is 12.5. The van der Waals surface area contributed by atoms with Crippen LogP contribution in [0.5, 0.6) is 0 Å². The van der Waals surface area contributed by atoms with E-state index in [1.54, 1.807) is 13.4 Å². The molecule has 0 aliphatic carbocycles. The molecule has 0 aromatic carbocycles. The van der Waals surface area contributed by atoms with Gasteiger partial charge in [-0.3, -0.25) is 4.99 Å². The summed E-state index contributed by atoms with van der Waals surface area (Å²) in [4.78, 5) is 3.78. The molecule has 0 aliphatic heterocycles. The molecule has 0 unspecified atom stereocenters. The summed E-state index contributed by atoms with van der Waals surface area (Å²) in [6, 6.07) is 0. The molecule has 8 heavy (non-hydrogen) atoms. The second-order valence-electron chi connectivity index (χ2n) is 2.00. The van der Waals surface area contributed by atoms with Gasteiger partial charge in [0.25, 0.3) is 0 Å². The Kier molecular flexibility index (Phi) is 3.35. The van der Waals surface area contributed by atoms with Crippen LogP contribution in [0.4, 0.5) is 0 Å². The van der Waals surface area contributed by atoms with Crippen molar-refractivity contribution in [2.24, 2.45) is 4.99 Å². The lowest BCUT2D eigenvalue weighted by atomic mass is 10.4. The zero-order chi connectivity index (χ0) is 6.62. The topological polar surface area (TPSA) is 24.4 Å². The maximum Gasteiger partial charge on any atom is 0.0841 e. The third kappa shape index (κ3) is 6.20. The largest absolute Gasteiger partial charge is 0.363 e. The number of nitrogens with one attached hydrogen (secondary N) is 1. The molecule has 0 aliphatic rings. The molecule has 2 nitrogen and oxygen atoms in total. The Bertz CT molecular complexity index is 82.9. The van der Waals surface area contributed by atoms with Crippen LogP contribution in [0.25, 0.3) is 0 Å². The standard InChI is InChI=1S/C5H11IN2/c1-5(2,6)8-4-7-3/h4H,1-3H3,(H,7,8). The molecule has 0 saturated carbocycles. The van der Waals surface area contributed by atoms with E-state index in [1.807, 2.05) is 0 Å². The molecular weight excluding hydrogens is 215 g/mol. The molecule has 3 heteroatoms. The van der Waals surface area contributed by atoms with E-state index in [4.69, 9.17) is 0 Å². The molecule has 0 spiro atoms. The van der Waals surface area contributed by atoms with Gasteiger partial charge in [-0.25, -0.2) is 0 Å². The maximum atomic E-state index is 3.78. The number of nitrogens with zero attached hydrogens (tertiary/aromatic N) is 1. The number of rotatable bonds is 2. The van der Waals surface area contributed by atoms with Gasteiger partial charge in [-0.15, -0.1) is 0 Å². The summed E-state index contributed by atoms with van der Waals surface area (Å²) in [5, 5.41) is 3.07. The zero-order valence-corrected chi connectivity index (χ0v) is 7.56. The van der Waals surface area contributed by atoms with Gasteiger partial charge in [0.05, 0.1) is 9.88 Å². The van der Waals surface area contributed by atoms with Gasteiger partial charge < -0.3 is 5.32 Å². The molecule has 0 atom stereocenters. The minimum absolute atomic E-state index is 0.122. The van der Waals surface area contributed by atoms with Crippen LogP contribution in [0, 0.1) is 0 Å². The fourth-order valence-electron chi connectivity index (χ4n) is 0.218. The molecule has 1 N–H and O–H groups in total. The quantitative estimate of drug-likeness (QED) is 0.248. The third-order valence-electron chi connectivity index (χ3n) is 0.537. The maximum absolute atomic E-state index is 3.78. The summed E-state index contributed by atoms with van der Waals surface area (Å²) in [5.74, 6) is 0. The molecule has 0 aromatic rings. The van der Waals surface area contributed by atoms with Crippen LogP contribution in [0.1, 0.15) is 13.8 Å². The molecule has 0 rings (SSSR count). The predicted molar refractivity (Wildman–Crippen MR) is 45.7 cm³/mol. The van der Waals surface area contributed by atoms with E-state index in [1.165, 1.54) is 0 Å². The lowest BCUT2D eigenvalue weighted by Gasteiger charge is -2.14. The van der Waals surface area contributed by atoms with Crippen LogP contribution in [0.15, 0.2) is 4.99 Å².